The Kier molecular flexibility index (Phi) is 11.9. The molecule has 0 saturated heterocycles. The van der Waals surface area contributed by atoms with Crippen molar-refractivity contribution in [3.05, 3.63) is 0 Å². The van der Waals surface area contributed by atoms with E-state index in [2.05, 4.69) is 22.9 Å². The van der Waals surface area contributed by atoms with Crippen molar-refractivity contribution in [3.8, 4) is 0 Å². The standard InChI is InChI=1S/C9H17NO5.C2H7NS/c1-9(2,5-11)7(14)8(15)10-4-3-6(12)13;1-2-3-4/h7,11,14H,3-5H2,1-2H3,(H,10,15)(H,12,13);3-4H,2H2,1H3. The molecule has 0 aliphatic rings. The minimum Gasteiger partial charge on any atom is -0.481 e. The lowest BCUT2D eigenvalue weighted by Gasteiger charge is -2.26. The summed E-state index contributed by atoms with van der Waals surface area (Å²) in [5.41, 5.74) is -0.937. The van der Waals surface area contributed by atoms with Crippen LogP contribution < -0.4 is 10.0 Å². The number of hydrogen-bond donors (Lipinski definition) is 6. The zero-order chi connectivity index (χ0) is 15.5. The number of hydrogen-bond acceptors (Lipinski definition) is 6. The molecule has 0 aromatic heterocycles. The second kappa shape index (κ2) is 11.0. The molecule has 5 N–H and O–H groups in total. The molecule has 7 nitrogen and oxygen atoms in total. The zero-order valence-corrected chi connectivity index (χ0v) is 12.4. The quantitative estimate of drug-likeness (QED) is 0.349. The number of thiol groups is 1. The molecule has 8 heteroatoms. The molecule has 0 aliphatic heterocycles. The number of carbonyl (C=O) groups is 2. The maximum absolute atomic E-state index is 11.3. The van der Waals surface area contributed by atoms with Crippen molar-refractivity contribution in [2.45, 2.75) is 33.3 Å². The van der Waals surface area contributed by atoms with Gasteiger partial charge in [-0.15, -0.1) is 0 Å². The van der Waals surface area contributed by atoms with E-state index in [9.17, 15) is 14.7 Å². The van der Waals surface area contributed by atoms with Gasteiger partial charge in [0.2, 0.25) is 5.91 Å². The second-order valence-corrected chi connectivity index (χ2v) is 4.81. The predicted octanol–water partition coefficient (Wildman–Crippen LogP) is -0.603. The second-order valence-electron chi connectivity index (χ2n) is 4.50. The van der Waals surface area contributed by atoms with Crippen LogP contribution in [0.1, 0.15) is 27.2 Å². The van der Waals surface area contributed by atoms with Gasteiger partial charge < -0.3 is 20.6 Å². The summed E-state index contributed by atoms with van der Waals surface area (Å²) in [6, 6.07) is 0. The number of amides is 1. The lowest BCUT2D eigenvalue weighted by molar-refractivity contribution is -0.138. The first kappa shape index (κ1) is 20.5. The molecule has 0 aliphatic carbocycles. The Bertz CT molecular complexity index is 272. The number of nitrogens with one attached hydrogen (secondary N) is 2. The molecule has 0 fully saturated rings. The predicted molar refractivity (Wildman–Crippen MR) is 74.8 cm³/mol. The summed E-state index contributed by atoms with van der Waals surface area (Å²) >= 11 is 3.67. The molecule has 0 spiro atoms. The topological polar surface area (TPSA) is 119 Å². The Morgan fingerprint density at radius 1 is 1.37 bits per heavy atom. The van der Waals surface area contributed by atoms with Crippen LogP contribution in [0, 0.1) is 5.41 Å². The van der Waals surface area contributed by atoms with Gasteiger partial charge in [0.15, 0.2) is 0 Å². The van der Waals surface area contributed by atoms with Gasteiger partial charge in [-0.3, -0.25) is 14.3 Å². The fraction of sp³-hybridized carbons (Fsp3) is 0.818. The van der Waals surface area contributed by atoms with Crippen molar-refractivity contribution in [3.63, 3.8) is 0 Å². The number of carboxylic acids is 1. The van der Waals surface area contributed by atoms with E-state index in [1.165, 1.54) is 13.8 Å². The number of aliphatic hydroxyl groups excluding tert-OH is 2. The molecule has 1 atom stereocenters. The van der Waals surface area contributed by atoms with Crippen LogP contribution in [0.25, 0.3) is 0 Å². The third-order valence-electron chi connectivity index (χ3n) is 2.19. The summed E-state index contributed by atoms with van der Waals surface area (Å²) in [7, 11) is 0. The Morgan fingerprint density at radius 3 is 2.16 bits per heavy atom. The Morgan fingerprint density at radius 2 is 1.84 bits per heavy atom. The third kappa shape index (κ3) is 10.8. The third-order valence-corrected chi connectivity index (χ3v) is 2.51. The summed E-state index contributed by atoms with van der Waals surface area (Å²) in [6.07, 6.45) is -1.55. The maximum Gasteiger partial charge on any atom is 0.305 e. The Labute approximate surface area is 118 Å². The monoisotopic (exact) mass is 296 g/mol. The molecule has 0 aromatic carbocycles. The largest absolute Gasteiger partial charge is 0.481 e. The molecule has 114 valence electrons. The van der Waals surface area contributed by atoms with Crippen LogP contribution in [0.4, 0.5) is 0 Å². The van der Waals surface area contributed by atoms with E-state index in [1.54, 1.807) is 0 Å². The van der Waals surface area contributed by atoms with Crippen molar-refractivity contribution in [1.29, 1.82) is 0 Å². The minimum absolute atomic E-state index is 0.0350. The van der Waals surface area contributed by atoms with Gasteiger partial charge in [-0.25, -0.2) is 0 Å². The fourth-order valence-corrected chi connectivity index (χ4v) is 0.831. The van der Waals surface area contributed by atoms with Crippen molar-refractivity contribution in [2.75, 3.05) is 19.7 Å². The SMILES string of the molecule is CC(C)(CO)C(O)C(=O)NCCC(=O)O.CCNS. The van der Waals surface area contributed by atoms with Crippen LogP contribution in [0.5, 0.6) is 0 Å². The first-order valence-corrected chi connectivity index (χ1v) is 6.33. The molecule has 1 unspecified atom stereocenters. The van der Waals surface area contributed by atoms with E-state index in [4.69, 9.17) is 10.2 Å². The van der Waals surface area contributed by atoms with E-state index >= 15 is 0 Å². The number of carbonyl (C=O) groups excluding carboxylic acids is 1. The van der Waals surface area contributed by atoms with Gasteiger partial charge >= 0.3 is 5.97 Å². The van der Waals surface area contributed by atoms with E-state index in [0.29, 0.717) is 0 Å². The first-order valence-electron chi connectivity index (χ1n) is 5.88. The minimum atomic E-state index is -1.35. The van der Waals surface area contributed by atoms with Gasteiger partial charge in [0, 0.05) is 18.5 Å². The van der Waals surface area contributed by atoms with Crippen molar-refractivity contribution >= 4 is 24.7 Å². The van der Waals surface area contributed by atoms with Crippen molar-refractivity contribution in [2.24, 2.45) is 5.41 Å². The van der Waals surface area contributed by atoms with Gasteiger partial charge in [-0.05, 0) is 0 Å². The summed E-state index contributed by atoms with van der Waals surface area (Å²) in [6.45, 7) is 5.63. The number of aliphatic hydroxyl groups is 2. The Balaban J connectivity index is 0. The molecule has 19 heavy (non-hydrogen) atoms. The van der Waals surface area contributed by atoms with Crippen LogP contribution >= 0.6 is 12.8 Å². The fourth-order valence-electron chi connectivity index (χ4n) is 0.831. The number of carboxylic acid groups (broad SMARTS) is 1. The van der Waals surface area contributed by atoms with Gasteiger partial charge in [0.1, 0.15) is 6.10 Å². The normalized spacial score (nSPS) is 12.1. The van der Waals surface area contributed by atoms with E-state index in [1.807, 2.05) is 6.92 Å². The highest BCUT2D eigenvalue weighted by molar-refractivity contribution is 7.78. The highest BCUT2D eigenvalue weighted by Gasteiger charge is 2.32. The van der Waals surface area contributed by atoms with Crippen LogP contribution in [-0.4, -0.2) is 53.0 Å². The smallest absolute Gasteiger partial charge is 0.305 e. The van der Waals surface area contributed by atoms with Gasteiger partial charge in [0.05, 0.1) is 13.0 Å². The average molecular weight is 296 g/mol. The maximum atomic E-state index is 11.3. The van der Waals surface area contributed by atoms with Gasteiger partial charge in [-0.2, -0.15) is 0 Å². The summed E-state index contributed by atoms with van der Waals surface area (Å²) < 4.78 is 2.62. The molecule has 0 aromatic rings. The van der Waals surface area contributed by atoms with Crippen molar-refractivity contribution in [1.82, 2.24) is 10.0 Å². The first-order chi connectivity index (χ1) is 8.72. The van der Waals surface area contributed by atoms with Gasteiger partial charge in [-0.1, -0.05) is 33.6 Å². The summed E-state index contributed by atoms with van der Waals surface area (Å²) in [5, 5.41) is 29.0. The molecule has 0 rings (SSSR count). The number of rotatable bonds is 7. The molecule has 0 bridgehead atoms. The lowest BCUT2D eigenvalue weighted by atomic mass is 9.87. The molecule has 0 radical (unpaired) electrons. The lowest BCUT2D eigenvalue weighted by Crippen LogP contribution is -2.45. The number of aliphatic carboxylic acids is 1. The summed E-state index contributed by atoms with van der Waals surface area (Å²) in [4.78, 5) is 21.4. The Hall–Kier alpha value is -0.830. The zero-order valence-electron chi connectivity index (χ0n) is 11.5. The van der Waals surface area contributed by atoms with Crippen LogP contribution in [0.3, 0.4) is 0 Å². The van der Waals surface area contributed by atoms with Gasteiger partial charge in [0.25, 0.3) is 0 Å². The van der Waals surface area contributed by atoms with Crippen molar-refractivity contribution < 1.29 is 24.9 Å². The van der Waals surface area contributed by atoms with Crippen LogP contribution in [-0.2, 0) is 9.59 Å². The molecule has 0 heterocycles. The highest BCUT2D eigenvalue weighted by Crippen LogP contribution is 2.19. The van der Waals surface area contributed by atoms with E-state index in [0.717, 1.165) is 6.54 Å². The van der Waals surface area contributed by atoms with Crippen LogP contribution in [0.15, 0.2) is 0 Å². The highest BCUT2D eigenvalue weighted by atomic mass is 32.1. The molecular formula is C11H24N2O5S. The average Bonchev–Trinajstić information content (AvgIpc) is 2.37. The molecular weight excluding hydrogens is 272 g/mol. The van der Waals surface area contributed by atoms with E-state index < -0.39 is 23.4 Å². The summed E-state index contributed by atoms with van der Waals surface area (Å²) in [5.74, 6) is -1.69. The van der Waals surface area contributed by atoms with Crippen LogP contribution in [0.2, 0.25) is 0 Å². The van der Waals surface area contributed by atoms with E-state index in [-0.39, 0.29) is 19.6 Å². The molecule has 0 saturated carbocycles. The molecule has 1 amide bonds.